The number of benzene rings is 2. The largest absolute Gasteiger partial charge is 0.322 e. The number of nitrogens with one attached hydrogen (secondary N) is 1. The molecule has 0 bridgehead atoms. The minimum Gasteiger partial charge on any atom is -0.322 e. The molecule has 1 N–H and O–H groups in total. The van der Waals surface area contributed by atoms with Crippen LogP contribution in [0.15, 0.2) is 47.4 Å². The van der Waals surface area contributed by atoms with Crippen molar-refractivity contribution in [2.24, 2.45) is 0 Å². The first-order chi connectivity index (χ1) is 13.3. The van der Waals surface area contributed by atoms with Gasteiger partial charge in [-0.3, -0.25) is 4.79 Å². The van der Waals surface area contributed by atoms with Crippen LogP contribution in [0.5, 0.6) is 0 Å². The molecule has 9 heteroatoms. The molecule has 2 aromatic rings. The zero-order valence-electron chi connectivity index (χ0n) is 15.4. The second-order valence-corrected chi connectivity index (χ2v) is 9.23. The molecule has 0 atom stereocenters. The zero-order valence-corrected chi connectivity index (χ0v) is 17.7. The topological polar surface area (TPSA) is 69.7 Å². The number of rotatable bonds is 5. The molecule has 0 unspecified atom stereocenters. The minimum absolute atomic E-state index is 0.150. The molecule has 1 aliphatic rings. The van der Waals surface area contributed by atoms with Gasteiger partial charge >= 0.3 is 0 Å². The molecule has 3 rings (SSSR count). The molecule has 1 aliphatic heterocycles. The summed E-state index contributed by atoms with van der Waals surface area (Å²) < 4.78 is 27.4. The highest BCUT2D eigenvalue weighted by Crippen LogP contribution is 2.24. The third-order valence-electron chi connectivity index (χ3n) is 4.68. The van der Waals surface area contributed by atoms with E-state index in [9.17, 15) is 13.2 Å². The van der Waals surface area contributed by atoms with Crippen molar-refractivity contribution in [1.82, 2.24) is 9.21 Å². The molecule has 1 amide bonds. The Labute approximate surface area is 175 Å². The summed E-state index contributed by atoms with van der Waals surface area (Å²) in [5, 5.41) is 3.35. The van der Waals surface area contributed by atoms with Crippen LogP contribution in [0.4, 0.5) is 5.69 Å². The fourth-order valence-corrected chi connectivity index (χ4v) is 5.00. The first kappa shape index (κ1) is 21.1. The second-order valence-electron chi connectivity index (χ2n) is 6.44. The monoisotopic (exact) mass is 441 g/mol. The summed E-state index contributed by atoms with van der Waals surface area (Å²) in [5.74, 6) is -0.437. The Bertz CT molecular complexity index is 974. The Hall–Kier alpha value is -1.64. The number of carbonyl (C=O) groups is 1. The van der Waals surface area contributed by atoms with Gasteiger partial charge in [0, 0.05) is 36.9 Å². The molecule has 150 valence electrons. The molecule has 0 radical (unpaired) electrons. The van der Waals surface area contributed by atoms with Gasteiger partial charge in [0.05, 0.1) is 15.5 Å². The Morgan fingerprint density at radius 2 is 1.79 bits per heavy atom. The fourth-order valence-electron chi connectivity index (χ4n) is 3.04. The molecule has 0 spiro atoms. The summed E-state index contributed by atoms with van der Waals surface area (Å²) in [7, 11) is -3.62. The van der Waals surface area contributed by atoms with Crippen molar-refractivity contribution >= 4 is 44.8 Å². The number of sulfonamides is 1. The summed E-state index contributed by atoms with van der Waals surface area (Å²) in [6, 6.07) is 10.8. The molecular formula is C19H21Cl2N3O3S. The highest BCUT2D eigenvalue weighted by molar-refractivity contribution is 7.89. The van der Waals surface area contributed by atoms with Gasteiger partial charge in [-0.05, 0) is 42.9 Å². The summed E-state index contributed by atoms with van der Waals surface area (Å²) in [5.41, 5.74) is 0.638. The Morgan fingerprint density at radius 1 is 1.07 bits per heavy atom. The number of hydrogen-bond donors (Lipinski definition) is 1. The molecule has 0 aliphatic carbocycles. The number of hydrogen-bond acceptors (Lipinski definition) is 4. The van der Waals surface area contributed by atoms with Crippen molar-refractivity contribution in [3.63, 3.8) is 0 Å². The lowest BCUT2D eigenvalue weighted by Crippen LogP contribution is -2.48. The molecular weight excluding hydrogens is 421 g/mol. The van der Waals surface area contributed by atoms with Crippen LogP contribution in [-0.2, 0) is 10.0 Å². The van der Waals surface area contributed by atoms with Gasteiger partial charge in [-0.15, -0.1) is 0 Å². The van der Waals surface area contributed by atoms with Gasteiger partial charge in [0.25, 0.3) is 5.91 Å². The summed E-state index contributed by atoms with van der Waals surface area (Å²) in [4.78, 5) is 14.8. The average molecular weight is 442 g/mol. The minimum atomic E-state index is -3.62. The quantitative estimate of drug-likeness (QED) is 0.769. The third kappa shape index (κ3) is 4.67. The fraction of sp³-hybridized carbons (Fsp3) is 0.316. The third-order valence-corrected chi connectivity index (χ3v) is 7.13. The number of likely N-dealkylation sites (N-methyl/N-ethyl adjacent to an activating group) is 1. The van der Waals surface area contributed by atoms with Gasteiger partial charge in [-0.25, -0.2) is 8.42 Å². The van der Waals surface area contributed by atoms with E-state index in [1.807, 2.05) is 0 Å². The lowest BCUT2D eigenvalue weighted by molar-refractivity contribution is 0.102. The second kappa shape index (κ2) is 8.80. The number of anilines is 1. The van der Waals surface area contributed by atoms with Gasteiger partial charge in [-0.1, -0.05) is 36.2 Å². The van der Waals surface area contributed by atoms with Crippen molar-refractivity contribution in [2.45, 2.75) is 11.8 Å². The van der Waals surface area contributed by atoms with Crippen LogP contribution in [0.3, 0.4) is 0 Å². The summed E-state index contributed by atoms with van der Waals surface area (Å²) in [6.07, 6.45) is 0. The van der Waals surface area contributed by atoms with Crippen molar-refractivity contribution < 1.29 is 13.2 Å². The standard InChI is InChI=1S/C19H21Cl2N3O3S/c1-2-23-8-10-24(11-9-23)28(26,27)16-5-3-4-15(13-16)22-19(25)17-7-6-14(20)12-18(17)21/h3-7,12-13H,2,8-11H2,1H3,(H,22,25). The van der Waals surface area contributed by atoms with Gasteiger partial charge in [0.1, 0.15) is 0 Å². The van der Waals surface area contributed by atoms with Crippen LogP contribution in [0, 0.1) is 0 Å². The number of piperazine rings is 1. The predicted octanol–water partition coefficient (Wildman–Crippen LogP) is 3.57. The maximum atomic E-state index is 12.9. The molecule has 2 aromatic carbocycles. The zero-order chi connectivity index (χ0) is 20.3. The maximum Gasteiger partial charge on any atom is 0.257 e. The van der Waals surface area contributed by atoms with E-state index in [1.54, 1.807) is 18.2 Å². The lowest BCUT2D eigenvalue weighted by Gasteiger charge is -2.33. The Balaban J connectivity index is 1.77. The molecule has 1 fully saturated rings. The van der Waals surface area contributed by atoms with E-state index < -0.39 is 15.9 Å². The molecule has 6 nitrogen and oxygen atoms in total. The summed E-state index contributed by atoms with van der Waals surface area (Å²) in [6.45, 7) is 5.29. The van der Waals surface area contributed by atoms with Crippen LogP contribution >= 0.6 is 23.2 Å². The highest BCUT2D eigenvalue weighted by Gasteiger charge is 2.28. The molecule has 0 aromatic heterocycles. The average Bonchev–Trinajstić information content (AvgIpc) is 2.68. The smallest absolute Gasteiger partial charge is 0.257 e. The van der Waals surface area contributed by atoms with E-state index in [4.69, 9.17) is 23.2 Å². The number of nitrogens with zero attached hydrogens (tertiary/aromatic N) is 2. The van der Waals surface area contributed by atoms with E-state index in [0.717, 1.165) is 6.54 Å². The Morgan fingerprint density at radius 3 is 2.43 bits per heavy atom. The van der Waals surface area contributed by atoms with Crippen molar-refractivity contribution in [3.05, 3.63) is 58.1 Å². The van der Waals surface area contributed by atoms with Gasteiger partial charge in [0.15, 0.2) is 0 Å². The first-order valence-corrected chi connectivity index (χ1v) is 11.1. The number of carbonyl (C=O) groups excluding carboxylic acids is 1. The van der Waals surface area contributed by atoms with Crippen molar-refractivity contribution in [1.29, 1.82) is 0 Å². The number of halogens is 2. The van der Waals surface area contributed by atoms with Crippen LogP contribution in [-0.4, -0.2) is 56.3 Å². The van der Waals surface area contributed by atoms with E-state index >= 15 is 0 Å². The normalized spacial score (nSPS) is 16.1. The van der Waals surface area contributed by atoms with Gasteiger partial charge in [-0.2, -0.15) is 4.31 Å². The van der Waals surface area contributed by atoms with E-state index in [1.165, 1.54) is 28.6 Å². The van der Waals surface area contributed by atoms with Gasteiger partial charge < -0.3 is 10.2 Å². The number of amides is 1. The van der Waals surface area contributed by atoms with Crippen LogP contribution < -0.4 is 5.32 Å². The molecule has 0 saturated carbocycles. The van der Waals surface area contributed by atoms with E-state index in [-0.39, 0.29) is 15.5 Å². The Kier molecular flexibility index (Phi) is 6.62. The van der Waals surface area contributed by atoms with Crippen LogP contribution in [0.25, 0.3) is 0 Å². The van der Waals surface area contributed by atoms with Crippen molar-refractivity contribution in [2.75, 3.05) is 38.0 Å². The lowest BCUT2D eigenvalue weighted by atomic mass is 10.2. The predicted molar refractivity (Wildman–Crippen MR) is 112 cm³/mol. The summed E-state index contributed by atoms with van der Waals surface area (Å²) >= 11 is 11.9. The van der Waals surface area contributed by atoms with E-state index in [2.05, 4.69) is 17.1 Å². The maximum absolute atomic E-state index is 12.9. The highest BCUT2D eigenvalue weighted by atomic mass is 35.5. The van der Waals surface area contributed by atoms with Crippen LogP contribution in [0.2, 0.25) is 10.0 Å². The molecule has 1 saturated heterocycles. The van der Waals surface area contributed by atoms with Crippen molar-refractivity contribution in [3.8, 4) is 0 Å². The van der Waals surface area contributed by atoms with Gasteiger partial charge in [0.2, 0.25) is 10.0 Å². The SMILES string of the molecule is CCN1CCN(S(=O)(=O)c2cccc(NC(=O)c3ccc(Cl)cc3Cl)c2)CC1. The molecule has 1 heterocycles. The molecule has 28 heavy (non-hydrogen) atoms. The van der Waals surface area contributed by atoms with Crippen LogP contribution in [0.1, 0.15) is 17.3 Å². The van der Waals surface area contributed by atoms with E-state index in [0.29, 0.717) is 36.9 Å². The first-order valence-electron chi connectivity index (χ1n) is 8.90.